The zero-order valence-electron chi connectivity index (χ0n) is 11.0. The summed E-state index contributed by atoms with van der Waals surface area (Å²) in [6.45, 7) is 2.60. The van der Waals surface area contributed by atoms with Crippen LogP contribution in [0.4, 0.5) is 5.69 Å². The molecule has 1 N–H and O–H groups in total. The summed E-state index contributed by atoms with van der Waals surface area (Å²) >= 11 is 5.71. The number of rotatable bonds is 5. The summed E-state index contributed by atoms with van der Waals surface area (Å²) in [4.78, 5) is 19.8. The molecule has 0 atom stereocenters. The first-order valence-electron chi connectivity index (χ1n) is 6.21. The summed E-state index contributed by atoms with van der Waals surface area (Å²) in [6.07, 6.45) is 3.62. The molecule has 1 amide bonds. The van der Waals surface area contributed by atoms with Gasteiger partial charge in [-0.2, -0.15) is 0 Å². The molecule has 0 saturated heterocycles. The van der Waals surface area contributed by atoms with Crippen LogP contribution in [0.3, 0.4) is 0 Å². The predicted octanol–water partition coefficient (Wildman–Crippen LogP) is 3.17. The van der Waals surface area contributed by atoms with Gasteiger partial charge in [0.2, 0.25) is 0 Å². The molecule has 20 heavy (non-hydrogen) atoms. The number of aromatic nitrogens is 2. The quantitative estimate of drug-likeness (QED) is 0.919. The predicted molar refractivity (Wildman–Crippen MR) is 77.2 cm³/mol. The molecule has 0 bridgehead atoms. The largest absolute Gasteiger partial charge is 0.491 e. The van der Waals surface area contributed by atoms with Crippen molar-refractivity contribution in [3.63, 3.8) is 0 Å². The van der Waals surface area contributed by atoms with Gasteiger partial charge in [0.1, 0.15) is 16.6 Å². The van der Waals surface area contributed by atoms with Crippen LogP contribution in [0.5, 0.6) is 5.75 Å². The van der Waals surface area contributed by atoms with Gasteiger partial charge >= 0.3 is 0 Å². The van der Waals surface area contributed by atoms with Crippen LogP contribution < -0.4 is 10.1 Å². The average molecular weight is 292 g/mol. The Kier molecular flexibility index (Phi) is 4.90. The van der Waals surface area contributed by atoms with Gasteiger partial charge in [0.25, 0.3) is 5.91 Å². The van der Waals surface area contributed by atoms with E-state index in [-0.39, 0.29) is 16.8 Å². The minimum Gasteiger partial charge on any atom is -0.491 e. The Balaban J connectivity index is 2.15. The van der Waals surface area contributed by atoms with Crippen LogP contribution >= 0.6 is 11.6 Å². The van der Waals surface area contributed by atoms with Crippen LogP contribution in [-0.4, -0.2) is 22.5 Å². The third kappa shape index (κ3) is 3.68. The Morgan fingerprint density at radius 3 is 2.90 bits per heavy atom. The number of nitrogens with zero attached hydrogens (tertiary/aromatic N) is 2. The highest BCUT2D eigenvalue weighted by Gasteiger charge is 2.11. The Labute approximate surface area is 122 Å². The second-order valence-corrected chi connectivity index (χ2v) is 4.41. The Morgan fingerprint density at radius 1 is 1.35 bits per heavy atom. The molecule has 0 radical (unpaired) electrons. The highest BCUT2D eigenvalue weighted by atomic mass is 35.5. The molecular weight excluding hydrogens is 278 g/mol. The maximum Gasteiger partial charge on any atom is 0.276 e. The standard InChI is InChI=1S/C14H14ClN3O2/c1-2-7-20-12-6-4-3-5-10(12)18-14(19)11-8-16-9-13(15)17-11/h3-6,8-9H,2,7H2,1H3,(H,18,19). The van der Waals surface area contributed by atoms with Gasteiger partial charge in [-0.05, 0) is 18.6 Å². The van der Waals surface area contributed by atoms with Crippen molar-refractivity contribution < 1.29 is 9.53 Å². The minimum atomic E-state index is -0.382. The Bertz CT molecular complexity index is 604. The molecule has 1 aromatic heterocycles. The van der Waals surface area contributed by atoms with Crippen molar-refractivity contribution >= 4 is 23.2 Å². The molecule has 0 aliphatic rings. The number of carbonyl (C=O) groups is 1. The molecule has 2 aromatic rings. The number of hydrogen-bond acceptors (Lipinski definition) is 4. The van der Waals surface area contributed by atoms with Gasteiger partial charge in [-0.15, -0.1) is 0 Å². The van der Waals surface area contributed by atoms with Crippen LogP contribution in [0.25, 0.3) is 0 Å². The average Bonchev–Trinajstić information content (AvgIpc) is 2.46. The lowest BCUT2D eigenvalue weighted by Crippen LogP contribution is -2.15. The summed E-state index contributed by atoms with van der Waals surface area (Å²) in [6, 6.07) is 7.23. The molecule has 6 heteroatoms. The van der Waals surface area contributed by atoms with E-state index >= 15 is 0 Å². The van der Waals surface area contributed by atoms with E-state index in [1.54, 1.807) is 12.1 Å². The van der Waals surface area contributed by atoms with Crippen molar-refractivity contribution in [3.05, 3.63) is 47.5 Å². The van der Waals surface area contributed by atoms with Gasteiger partial charge in [0.05, 0.1) is 24.7 Å². The van der Waals surface area contributed by atoms with E-state index in [1.165, 1.54) is 12.4 Å². The summed E-state index contributed by atoms with van der Waals surface area (Å²) in [5.41, 5.74) is 0.746. The van der Waals surface area contributed by atoms with Crippen LogP contribution in [0.1, 0.15) is 23.8 Å². The van der Waals surface area contributed by atoms with Crippen LogP contribution in [0.2, 0.25) is 5.15 Å². The maximum absolute atomic E-state index is 12.1. The maximum atomic E-state index is 12.1. The van der Waals surface area contributed by atoms with Crippen molar-refractivity contribution in [2.45, 2.75) is 13.3 Å². The minimum absolute atomic E-state index is 0.155. The number of benzene rings is 1. The van der Waals surface area contributed by atoms with Gasteiger partial charge in [0, 0.05) is 0 Å². The molecular formula is C14H14ClN3O2. The highest BCUT2D eigenvalue weighted by molar-refractivity contribution is 6.29. The van der Waals surface area contributed by atoms with E-state index in [4.69, 9.17) is 16.3 Å². The number of anilines is 1. The molecule has 1 heterocycles. The first-order valence-corrected chi connectivity index (χ1v) is 6.59. The van der Waals surface area contributed by atoms with E-state index in [1.807, 2.05) is 19.1 Å². The van der Waals surface area contributed by atoms with Crippen LogP contribution in [0.15, 0.2) is 36.7 Å². The van der Waals surface area contributed by atoms with E-state index in [0.29, 0.717) is 18.0 Å². The van der Waals surface area contributed by atoms with Crippen molar-refractivity contribution in [3.8, 4) is 5.75 Å². The molecule has 0 spiro atoms. The molecule has 0 aliphatic heterocycles. The van der Waals surface area contributed by atoms with Gasteiger partial charge in [-0.25, -0.2) is 4.98 Å². The Hall–Kier alpha value is -2.14. The van der Waals surface area contributed by atoms with E-state index in [0.717, 1.165) is 6.42 Å². The normalized spacial score (nSPS) is 10.1. The third-order valence-electron chi connectivity index (χ3n) is 2.43. The lowest BCUT2D eigenvalue weighted by molar-refractivity contribution is 0.102. The monoisotopic (exact) mass is 291 g/mol. The van der Waals surface area contributed by atoms with E-state index in [2.05, 4.69) is 15.3 Å². The third-order valence-corrected chi connectivity index (χ3v) is 2.62. The van der Waals surface area contributed by atoms with Gasteiger partial charge < -0.3 is 10.1 Å². The van der Waals surface area contributed by atoms with Crippen molar-refractivity contribution in [1.82, 2.24) is 9.97 Å². The second-order valence-electron chi connectivity index (χ2n) is 4.03. The number of carbonyl (C=O) groups excluding carboxylic acids is 1. The molecule has 0 fully saturated rings. The van der Waals surface area contributed by atoms with Crippen LogP contribution in [-0.2, 0) is 0 Å². The SMILES string of the molecule is CCCOc1ccccc1NC(=O)c1cncc(Cl)n1. The Morgan fingerprint density at radius 2 is 2.15 bits per heavy atom. The molecule has 1 aromatic carbocycles. The van der Waals surface area contributed by atoms with Gasteiger partial charge in [-0.3, -0.25) is 9.78 Å². The molecule has 0 aliphatic carbocycles. The number of nitrogens with one attached hydrogen (secondary N) is 1. The summed E-state index contributed by atoms with van der Waals surface area (Å²) < 4.78 is 5.57. The molecule has 5 nitrogen and oxygen atoms in total. The first-order chi connectivity index (χ1) is 9.70. The fourth-order valence-electron chi connectivity index (χ4n) is 1.55. The van der Waals surface area contributed by atoms with Crippen molar-refractivity contribution in [2.75, 3.05) is 11.9 Å². The van der Waals surface area contributed by atoms with E-state index in [9.17, 15) is 4.79 Å². The van der Waals surface area contributed by atoms with Crippen molar-refractivity contribution in [1.29, 1.82) is 0 Å². The van der Waals surface area contributed by atoms with Crippen LogP contribution in [0, 0.1) is 0 Å². The molecule has 104 valence electrons. The second kappa shape index (κ2) is 6.86. The smallest absolute Gasteiger partial charge is 0.276 e. The molecule has 0 unspecified atom stereocenters. The number of para-hydroxylation sites is 2. The fraction of sp³-hybridized carbons (Fsp3) is 0.214. The number of ether oxygens (including phenoxy) is 1. The number of amides is 1. The molecule has 0 saturated carbocycles. The summed E-state index contributed by atoms with van der Waals surface area (Å²) in [5, 5.41) is 2.91. The lowest BCUT2D eigenvalue weighted by atomic mass is 10.3. The molecule has 2 rings (SSSR count). The summed E-state index contributed by atoms with van der Waals surface area (Å²) in [7, 11) is 0. The van der Waals surface area contributed by atoms with Crippen molar-refractivity contribution in [2.24, 2.45) is 0 Å². The van der Waals surface area contributed by atoms with Gasteiger partial charge in [0.15, 0.2) is 0 Å². The highest BCUT2D eigenvalue weighted by Crippen LogP contribution is 2.24. The number of hydrogen-bond donors (Lipinski definition) is 1. The number of halogens is 1. The zero-order chi connectivity index (χ0) is 14.4. The topological polar surface area (TPSA) is 64.1 Å². The van der Waals surface area contributed by atoms with E-state index < -0.39 is 0 Å². The first kappa shape index (κ1) is 14.3. The summed E-state index contributed by atoms with van der Waals surface area (Å²) in [5.74, 6) is 0.241. The lowest BCUT2D eigenvalue weighted by Gasteiger charge is -2.11. The zero-order valence-corrected chi connectivity index (χ0v) is 11.7. The van der Waals surface area contributed by atoms with Gasteiger partial charge in [-0.1, -0.05) is 30.7 Å². The fourth-order valence-corrected chi connectivity index (χ4v) is 1.69.